The van der Waals surface area contributed by atoms with Crippen LogP contribution >= 0.6 is 0 Å². The van der Waals surface area contributed by atoms with Crippen LogP contribution in [0.25, 0.3) is 0 Å². The Bertz CT molecular complexity index is 643. The zero-order valence-electron chi connectivity index (χ0n) is 13.3. The molecule has 0 spiro atoms. The molecule has 2 aromatic rings. The lowest BCUT2D eigenvalue weighted by Crippen LogP contribution is -2.45. The SMILES string of the molecule is Cc1ccc(OC2CCCN(C(=O)Cc3ccccc3)C2)nn1. The van der Waals surface area contributed by atoms with E-state index in [1.165, 1.54) is 0 Å². The number of benzene rings is 1. The van der Waals surface area contributed by atoms with E-state index in [-0.39, 0.29) is 12.0 Å². The Morgan fingerprint density at radius 3 is 2.78 bits per heavy atom. The summed E-state index contributed by atoms with van der Waals surface area (Å²) in [7, 11) is 0. The molecule has 1 aliphatic rings. The van der Waals surface area contributed by atoms with Gasteiger partial charge in [-0.05, 0) is 31.4 Å². The quantitative estimate of drug-likeness (QED) is 0.870. The molecule has 0 bridgehead atoms. The number of piperidine rings is 1. The number of amides is 1. The van der Waals surface area contributed by atoms with Crippen LogP contribution in [0.2, 0.25) is 0 Å². The van der Waals surface area contributed by atoms with Gasteiger partial charge in [-0.2, -0.15) is 5.10 Å². The number of nitrogens with zero attached hydrogens (tertiary/aromatic N) is 3. The zero-order chi connectivity index (χ0) is 16.1. The van der Waals surface area contributed by atoms with Gasteiger partial charge in [-0.3, -0.25) is 4.79 Å². The lowest BCUT2D eigenvalue weighted by molar-refractivity contribution is -0.133. The second kappa shape index (κ2) is 7.22. The molecule has 0 aliphatic carbocycles. The summed E-state index contributed by atoms with van der Waals surface area (Å²) in [5.41, 5.74) is 1.91. The van der Waals surface area contributed by atoms with Gasteiger partial charge in [-0.25, -0.2) is 0 Å². The zero-order valence-corrected chi connectivity index (χ0v) is 13.3. The second-order valence-electron chi connectivity index (χ2n) is 5.90. The van der Waals surface area contributed by atoms with Crippen molar-refractivity contribution in [3.8, 4) is 5.88 Å². The third kappa shape index (κ3) is 4.28. The number of aryl methyl sites for hydroxylation is 1. The number of hydrogen-bond donors (Lipinski definition) is 0. The topological polar surface area (TPSA) is 55.3 Å². The van der Waals surface area contributed by atoms with Crippen LogP contribution in [0.1, 0.15) is 24.1 Å². The van der Waals surface area contributed by atoms with Crippen molar-refractivity contribution in [2.45, 2.75) is 32.3 Å². The average molecular weight is 311 g/mol. The van der Waals surface area contributed by atoms with Gasteiger partial charge < -0.3 is 9.64 Å². The van der Waals surface area contributed by atoms with Crippen LogP contribution in [-0.2, 0) is 11.2 Å². The molecular formula is C18H21N3O2. The van der Waals surface area contributed by atoms with Crippen molar-refractivity contribution in [2.75, 3.05) is 13.1 Å². The molecule has 1 fully saturated rings. The highest BCUT2D eigenvalue weighted by atomic mass is 16.5. The first kappa shape index (κ1) is 15.5. The molecule has 0 radical (unpaired) electrons. The molecule has 0 saturated carbocycles. The predicted octanol–water partition coefficient (Wildman–Crippen LogP) is 2.40. The molecule has 1 aliphatic heterocycles. The average Bonchev–Trinajstić information content (AvgIpc) is 2.58. The van der Waals surface area contributed by atoms with Crippen LogP contribution in [0.3, 0.4) is 0 Å². The molecule has 1 atom stereocenters. The molecule has 1 aromatic heterocycles. The second-order valence-corrected chi connectivity index (χ2v) is 5.90. The molecule has 1 aromatic carbocycles. The fourth-order valence-corrected chi connectivity index (χ4v) is 2.76. The highest BCUT2D eigenvalue weighted by Crippen LogP contribution is 2.17. The molecule has 5 heteroatoms. The number of aromatic nitrogens is 2. The number of ether oxygens (including phenoxy) is 1. The Morgan fingerprint density at radius 2 is 2.04 bits per heavy atom. The molecule has 0 N–H and O–H groups in total. The summed E-state index contributed by atoms with van der Waals surface area (Å²) in [5, 5.41) is 8.03. The Morgan fingerprint density at radius 1 is 1.22 bits per heavy atom. The van der Waals surface area contributed by atoms with E-state index in [0.29, 0.717) is 18.8 Å². The molecule has 5 nitrogen and oxygen atoms in total. The largest absolute Gasteiger partial charge is 0.471 e. The van der Waals surface area contributed by atoms with E-state index in [0.717, 1.165) is 30.6 Å². The molecule has 3 rings (SSSR count). The Kier molecular flexibility index (Phi) is 4.86. The van der Waals surface area contributed by atoms with Crippen LogP contribution in [-0.4, -0.2) is 40.2 Å². The van der Waals surface area contributed by atoms with Crippen LogP contribution < -0.4 is 4.74 Å². The number of hydrogen-bond acceptors (Lipinski definition) is 4. The third-order valence-corrected chi connectivity index (χ3v) is 3.99. The van der Waals surface area contributed by atoms with E-state index in [1.54, 1.807) is 0 Å². The lowest BCUT2D eigenvalue weighted by atomic mass is 10.1. The van der Waals surface area contributed by atoms with Gasteiger partial charge in [0.2, 0.25) is 11.8 Å². The highest BCUT2D eigenvalue weighted by Gasteiger charge is 2.25. The summed E-state index contributed by atoms with van der Waals surface area (Å²) < 4.78 is 5.87. The van der Waals surface area contributed by atoms with Crippen LogP contribution in [0, 0.1) is 6.92 Å². The van der Waals surface area contributed by atoms with E-state index in [9.17, 15) is 4.79 Å². The van der Waals surface area contributed by atoms with Gasteiger partial charge in [0.05, 0.1) is 18.7 Å². The summed E-state index contributed by atoms with van der Waals surface area (Å²) in [4.78, 5) is 14.3. The fraction of sp³-hybridized carbons (Fsp3) is 0.389. The number of carbonyl (C=O) groups excluding carboxylic acids is 1. The summed E-state index contributed by atoms with van der Waals surface area (Å²) >= 11 is 0. The molecule has 23 heavy (non-hydrogen) atoms. The lowest BCUT2D eigenvalue weighted by Gasteiger charge is -2.32. The maximum absolute atomic E-state index is 12.5. The minimum Gasteiger partial charge on any atom is -0.471 e. The van der Waals surface area contributed by atoms with E-state index in [4.69, 9.17) is 4.74 Å². The van der Waals surface area contributed by atoms with Gasteiger partial charge in [-0.15, -0.1) is 5.10 Å². The maximum Gasteiger partial charge on any atom is 0.233 e. The van der Waals surface area contributed by atoms with Crippen molar-refractivity contribution in [1.82, 2.24) is 15.1 Å². The normalized spacial score (nSPS) is 17.8. The summed E-state index contributed by atoms with van der Waals surface area (Å²) in [6.07, 6.45) is 2.31. The van der Waals surface area contributed by atoms with Crippen molar-refractivity contribution in [2.24, 2.45) is 0 Å². The van der Waals surface area contributed by atoms with Crippen molar-refractivity contribution in [3.05, 3.63) is 53.7 Å². The van der Waals surface area contributed by atoms with Gasteiger partial charge in [0.1, 0.15) is 6.10 Å². The van der Waals surface area contributed by atoms with Crippen LogP contribution in [0.5, 0.6) is 5.88 Å². The minimum absolute atomic E-state index is 0.0134. The highest BCUT2D eigenvalue weighted by molar-refractivity contribution is 5.78. The van der Waals surface area contributed by atoms with Crippen LogP contribution in [0.15, 0.2) is 42.5 Å². The van der Waals surface area contributed by atoms with Gasteiger partial charge in [0.25, 0.3) is 0 Å². The van der Waals surface area contributed by atoms with Crippen molar-refractivity contribution < 1.29 is 9.53 Å². The summed E-state index contributed by atoms with van der Waals surface area (Å²) in [5.74, 6) is 0.678. The minimum atomic E-state index is -0.0134. The third-order valence-electron chi connectivity index (χ3n) is 3.99. The smallest absolute Gasteiger partial charge is 0.233 e. The summed E-state index contributed by atoms with van der Waals surface area (Å²) in [6.45, 7) is 3.30. The Labute approximate surface area is 136 Å². The number of carbonyl (C=O) groups is 1. The van der Waals surface area contributed by atoms with Crippen molar-refractivity contribution in [1.29, 1.82) is 0 Å². The number of rotatable bonds is 4. The first-order valence-electron chi connectivity index (χ1n) is 7.99. The fourth-order valence-electron chi connectivity index (χ4n) is 2.76. The monoisotopic (exact) mass is 311 g/mol. The Hall–Kier alpha value is -2.43. The molecule has 1 unspecified atom stereocenters. The van der Waals surface area contributed by atoms with Gasteiger partial charge in [-0.1, -0.05) is 30.3 Å². The molecular weight excluding hydrogens is 290 g/mol. The molecule has 1 amide bonds. The van der Waals surface area contributed by atoms with E-state index in [1.807, 2.05) is 54.3 Å². The first-order valence-corrected chi connectivity index (χ1v) is 7.99. The van der Waals surface area contributed by atoms with E-state index < -0.39 is 0 Å². The summed E-state index contributed by atoms with van der Waals surface area (Å²) in [6, 6.07) is 13.6. The Balaban J connectivity index is 1.57. The number of likely N-dealkylation sites (tertiary alicyclic amines) is 1. The predicted molar refractivity (Wildman–Crippen MR) is 87.1 cm³/mol. The maximum atomic E-state index is 12.5. The van der Waals surface area contributed by atoms with Crippen LogP contribution in [0.4, 0.5) is 0 Å². The van der Waals surface area contributed by atoms with Crippen molar-refractivity contribution >= 4 is 5.91 Å². The van der Waals surface area contributed by atoms with Gasteiger partial charge in [0.15, 0.2) is 0 Å². The molecule has 1 saturated heterocycles. The molecule has 120 valence electrons. The van der Waals surface area contributed by atoms with Gasteiger partial charge in [0, 0.05) is 12.6 Å². The molecule has 2 heterocycles. The van der Waals surface area contributed by atoms with E-state index >= 15 is 0 Å². The van der Waals surface area contributed by atoms with Crippen molar-refractivity contribution in [3.63, 3.8) is 0 Å². The van der Waals surface area contributed by atoms with Gasteiger partial charge >= 0.3 is 0 Å². The standard InChI is InChI=1S/C18H21N3O2/c1-14-9-10-17(20-19-14)23-16-8-5-11-21(13-16)18(22)12-15-6-3-2-4-7-15/h2-4,6-7,9-10,16H,5,8,11-13H2,1H3. The van der Waals surface area contributed by atoms with E-state index in [2.05, 4.69) is 10.2 Å². The first-order chi connectivity index (χ1) is 11.2.